The van der Waals surface area contributed by atoms with Gasteiger partial charge in [-0.15, -0.1) is 0 Å². The Labute approximate surface area is 262 Å². The number of nitrogens with zero attached hydrogens (tertiary/aromatic N) is 8. The first kappa shape index (κ1) is 35.9. The number of non-ortho nitro benzene ring substituents is 3. The summed E-state index contributed by atoms with van der Waals surface area (Å²) in [7, 11) is 0. The topological polar surface area (TPSA) is 254 Å². The van der Waals surface area contributed by atoms with E-state index in [-0.39, 0.29) is 70.6 Å². The summed E-state index contributed by atoms with van der Waals surface area (Å²) in [5, 5.41) is 70.2. The number of phenols is 3. The van der Waals surface area contributed by atoms with Crippen molar-refractivity contribution in [3.8, 4) is 23.3 Å². The highest BCUT2D eigenvalue weighted by Gasteiger charge is 2.11. The van der Waals surface area contributed by atoms with E-state index in [4.69, 9.17) is 5.26 Å². The summed E-state index contributed by atoms with van der Waals surface area (Å²) in [6.45, 7) is 3.33. The summed E-state index contributed by atoms with van der Waals surface area (Å²) >= 11 is 0. The van der Waals surface area contributed by atoms with Gasteiger partial charge >= 0.3 is 0 Å². The largest absolute Gasteiger partial charge is 0.507 e. The molecule has 3 aromatic carbocycles. The van der Waals surface area contributed by atoms with Gasteiger partial charge in [-0.1, -0.05) is 0 Å². The molecule has 0 saturated carbocycles. The molecule has 0 fully saturated rings. The minimum Gasteiger partial charge on any atom is -0.507 e. The minimum atomic E-state index is -0.583. The number of rotatable bonds is 15. The smallest absolute Gasteiger partial charge is 0.270 e. The van der Waals surface area contributed by atoms with Crippen LogP contribution in [0.25, 0.3) is 0 Å². The zero-order chi connectivity index (χ0) is 34.1. The average Bonchev–Trinajstić information content (AvgIpc) is 3.01. The van der Waals surface area contributed by atoms with Gasteiger partial charge in [0.25, 0.3) is 17.1 Å². The molecule has 17 heteroatoms. The quantitative estimate of drug-likeness (QED) is 0.122. The first-order valence-corrected chi connectivity index (χ1v) is 13.4. The fourth-order valence-corrected chi connectivity index (χ4v) is 3.70. The number of hydrogen-bond donors (Lipinski definition) is 3. The van der Waals surface area contributed by atoms with Gasteiger partial charge in [0.1, 0.15) is 17.2 Å². The van der Waals surface area contributed by atoms with E-state index in [9.17, 15) is 45.7 Å². The fraction of sp³-hybridized carbons (Fsp3) is 0.241. The molecule has 0 amide bonds. The van der Waals surface area contributed by atoms with Crippen LogP contribution in [0.1, 0.15) is 23.6 Å². The van der Waals surface area contributed by atoms with E-state index in [1.54, 1.807) is 6.07 Å². The van der Waals surface area contributed by atoms with Gasteiger partial charge in [-0.25, -0.2) is 0 Å². The number of nitro benzene ring substituents is 3. The molecule has 3 aromatic rings. The Kier molecular flexibility index (Phi) is 14.4. The molecule has 17 nitrogen and oxygen atoms in total. The Morgan fingerprint density at radius 2 is 0.913 bits per heavy atom. The normalized spacial score (nSPS) is 11.1. The van der Waals surface area contributed by atoms with Crippen LogP contribution < -0.4 is 0 Å². The highest BCUT2D eigenvalue weighted by molar-refractivity contribution is 5.85. The maximum atomic E-state index is 11.0. The van der Waals surface area contributed by atoms with Gasteiger partial charge in [0, 0.05) is 98.3 Å². The molecule has 46 heavy (non-hydrogen) atoms. The minimum absolute atomic E-state index is 0.163. The number of aromatic hydroxyl groups is 3. The lowest BCUT2D eigenvalue weighted by Gasteiger charge is -2.19. The van der Waals surface area contributed by atoms with Crippen LogP contribution in [0.15, 0.2) is 69.6 Å². The molecule has 0 aromatic heterocycles. The van der Waals surface area contributed by atoms with Crippen molar-refractivity contribution in [3.05, 3.63) is 102 Å². The molecule has 0 radical (unpaired) electrons. The molecule has 0 aliphatic carbocycles. The fourth-order valence-electron chi connectivity index (χ4n) is 3.70. The van der Waals surface area contributed by atoms with Crippen molar-refractivity contribution in [2.24, 2.45) is 15.0 Å². The van der Waals surface area contributed by atoms with E-state index >= 15 is 0 Å². The molecule has 0 spiro atoms. The molecule has 3 rings (SSSR count). The SMILES string of the molecule is CC#N.O=[N+]([O-])c1ccc(O)c(C=NCCN(CCN=Cc2cc([N+](=O)[O-])ccc2O)CCN=Cc2cc([N+](=O)[O-])ccc2O)c1. The highest BCUT2D eigenvalue weighted by atomic mass is 16.6. The molecule has 3 N–H and O–H groups in total. The van der Waals surface area contributed by atoms with E-state index in [0.29, 0.717) is 19.6 Å². The van der Waals surface area contributed by atoms with Crippen molar-refractivity contribution in [3.63, 3.8) is 0 Å². The number of phenolic OH excluding ortho intramolecular Hbond substituents is 3. The van der Waals surface area contributed by atoms with Gasteiger partial charge < -0.3 is 15.3 Å². The third-order valence-electron chi connectivity index (χ3n) is 5.99. The molecule has 0 aliphatic heterocycles. The Morgan fingerprint density at radius 3 is 1.15 bits per heavy atom. The molecule has 0 aliphatic rings. The molecule has 0 atom stereocenters. The monoisotopic (exact) mass is 634 g/mol. The summed E-state index contributed by atoms with van der Waals surface area (Å²) < 4.78 is 0. The second kappa shape index (κ2) is 18.4. The Balaban J connectivity index is 0.00000236. The highest BCUT2D eigenvalue weighted by Crippen LogP contribution is 2.23. The van der Waals surface area contributed by atoms with Crippen molar-refractivity contribution in [2.75, 3.05) is 39.3 Å². The van der Waals surface area contributed by atoms with Crippen molar-refractivity contribution in [2.45, 2.75) is 6.92 Å². The van der Waals surface area contributed by atoms with E-state index in [1.807, 2.05) is 4.90 Å². The van der Waals surface area contributed by atoms with Crippen molar-refractivity contribution >= 4 is 35.7 Å². The summed E-state index contributed by atoms with van der Waals surface area (Å²) in [5.74, 6) is -0.490. The molecule has 0 heterocycles. The van der Waals surface area contributed by atoms with Crippen LogP contribution in [-0.4, -0.2) is 92.9 Å². The van der Waals surface area contributed by atoms with Crippen LogP contribution in [0.4, 0.5) is 17.1 Å². The summed E-state index contributed by atoms with van der Waals surface area (Å²) in [4.78, 5) is 46.0. The van der Waals surface area contributed by atoms with Crippen LogP contribution in [0, 0.1) is 41.7 Å². The van der Waals surface area contributed by atoms with Crippen LogP contribution in [0.5, 0.6) is 17.2 Å². The second-order valence-electron chi connectivity index (χ2n) is 9.17. The number of benzene rings is 3. The van der Waals surface area contributed by atoms with Gasteiger partial charge in [0.05, 0.1) is 40.5 Å². The Bertz CT molecular complexity index is 1480. The first-order chi connectivity index (χ1) is 22.0. The van der Waals surface area contributed by atoms with Crippen LogP contribution in [0.2, 0.25) is 0 Å². The third kappa shape index (κ3) is 11.8. The number of nitriles is 1. The van der Waals surface area contributed by atoms with Gasteiger partial charge in [-0.3, -0.25) is 50.2 Å². The van der Waals surface area contributed by atoms with Gasteiger partial charge in [-0.2, -0.15) is 5.26 Å². The van der Waals surface area contributed by atoms with E-state index in [1.165, 1.54) is 80.2 Å². The Morgan fingerprint density at radius 1 is 0.652 bits per heavy atom. The van der Waals surface area contributed by atoms with Crippen LogP contribution >= 0.6 is 0 Å². The standard InChI is InChI=1S/C27H27N7O9.C2H3N/c35-25-4-1-22(32(38)39)13-19(25)16-28-7-10-31(11-8-29-17-20-14-23(33(40)41)2-5-26(20)36)12-9-30-18-21-15-24(34(42)43)3-6-27(21)37;1-2-3/h1-6,13-18,35-37H,7-12H2;1H3. The van der Waals surface area contributed by atoms with Crippen molar-refractivity contribution in [1.82, 2.24) is 4.90 Å². The lowest BCUT2D eigenvalue weighted by Crippen LogP contribution is -2.31. The zero-order valence-electron chi connectivity index (χ0n) is 24.5. The number of nitro groups is 3. The van der Waals surface area contributed by atoms with Gasteiger partial charge in [-0.05, 0) is 18.2 Å². The summed E-state index contributed by atoms with van der Waals surface area (Å²) in [6.07, 6.45) is 3.98. The average molecular weight is 635 g/mol. The van der Waals surface area contributed by atoms with Crippen molar-refractivity contribution < 1.29 is 30.1 Å². The predicted octanol–water partition coefficient (Wildman–Crippen LogP) is 4.02. The van der Waals surface area contributed by atoms with E-state index < -0.39 is 14.8 Å². The predicted molar refractivity (Wildman–Crippen MR) is 169 cm³/mol. The van der Waals surface area contributed by atoms with E-state index in [0.717, 1.165) is 0 Å². The number of hydrogen-bond acceptors (Lipinski definition) is 14. The van der Waals surface area contributed by atoms with Gasteiger partial charge in [0.2, 0.25) is 0 Å². The van der Waals surface area contributed by atoms with Crippen LogP contribution in [0.3, 0.4) is 0 Å². The molecule has 240 valence electrons. The maximum Gasteiger partial charge on any atom is 0.270 e. The number of aliphatic imine (C=N–C) groups is 3. The van der Waals surface area contributed by atoms with Crippen LogP contribution in [-0.2, 0) is 0 Å². The Hall–Kier alpha value is -6.28. The molecular weight excluding hydrogens is 604 g/mol. The first-order valence-electron chi connectivity index (χ1n) is 13.4. The van der Waals surface area contributed by atoms with E-state index in [2.05, 4.69) is 15.0 Å². The summed E-state index contributed by atoms with van der Waals surface area (Å²) in [5.41, 5.74) is -0.0288. The molecule has 0 unspecified atom stereocenters. The van der Waals surface area contributed by atoms with Crippen molar-refractivity contribution in [1.29, 1.82) is 5.26 Å². The lowest BCUT2D eigenvalue weighted by atomic mass is 10.2. The lowest BCUT2D eigenvalue weighted by molar-refractivity contribution is -0.385. The molecular formula is C29H30N8O9. The maximum absolute atomic E-state index is 11.0. The molecule has 0 saturated heterocycles. The molecule has 0 bridgehead atoms. The summed E-state index contributed by atoms with van der Waals surface area (Å²) in [6, 6.07) is 12.5. The zero-order valence-corrected chi connectivity index (χ0v) is 24.5. The third-order valence-corrected chi connectivity index (χ3v) is 5.99. The van der Waals surface area contributed by atoms with Gasteiger partial charge in [0.15, 0.2) is 0 Å². The second-order valence-corrected chi connectivity index (χ2v) is 9.17.